The van der Waals surface area contributed by atoms with Crippen molar-refractivity contribution in [3.05, 3.63) is 30.0 Å². The van der Waals surface area contributed by atoms with Crippen LogP contribution >= 0.6 is 9.39 Å². The number of aryl methyl sites for hydroxylation is 1. The molecule has 1 aromatic carbocycles. The highest BCUT2D eigenvalue weighted by Gasteiger charge is 1.96. The van der Waals surface area contributed by atoms with Crippen molar-refractivity contribution >= 4 is 20.3 Å². The number of nitrogens with zero attached hydrogens (tertiary/aromatic N) is 2. The molecule has 1 heterocycles. The van der Waals surface area contributed by atoms with Gasteiger partial charge in [-0.1, -0.05) is 26.0 Å². The first-order chi connectivity index (χ1) is 6.25. The van der Waals surface area contributed by atoms with Gasteiger partial charge < -0.3 is 0 Å². The number of hydrogen-bond donors (Lipinski definition) is 0. The summed E-state index contributed by atoms with van der Waals surface area (Å²) in [5, 5.41) is 5.44. The van der Waals surface area contributed by atoms with E-state index in [1.54, 1.807) is 4.45 Å². The Kier molecular flexibility index (Phi) is 3.44. The average Bonchev–Trinajstić information content (AvgIpc) is 2.48. The van der Waals surface area contributed by atoms with Gasteiger partial charge in [-0.25, -0.2) is 0 Å². The Morgan fingerprint density at radius 3 is 2.69 bits per heavy atom. The second-order valence-electron chi connectivity index (χ2n) is 2.67. The van der Waals surface area contributed by atoms with E-state index in [2.05, 4.69) is 39.6 Å². The number of benzene rings is 1. The molecule has 1 atom stereocenters. The van der Waals surface area contributed by atoms with Crippen LogP contribution in [0.25, 0.3) is 10.9 Å². The van der Waals surface area contributed by atoms with Gasteiger partial charge in [-0.15, -0.1) is 0 Å². The van der Waals surface area contributed by atoms with E-state index in [1.165, 1.54) is 10.9 Å². The largest absolute Gasteiger partial charge is 0.257 e. The van der Waals surface area contributed by atoms with Crippen LogP contribution in [0.4, 0.5) is 0 Å². The van der Waals surface area contributed by atoms with Crippen LogP contribution in [0.3, 0.4) is 0 Å². The molecule has 70 valence electrons. The molecule has 1 aromatic heterocycles. The van der Waals surface area contributed by atoms with Crippen LogP contribution in [0.15, 0.2) is 24.4 Å². The molecular weight excluding hydrogens is 179 g/mol. The number of rotatable bonds is 0. The summed E-state index contributed by atoms with van der Waals surface area (Å²) >= 11 is 0. The van der Waals surface area contributed by atoms with Crippen LogP contribution in [0.5, 0.6) is 0 Å². The first-order valence-corrected chi connectivity index (χ1v) is 4.98. The summed E-state index contributed by atoms with van der Waals surface area (Å²) in [4.78, 5) is 0. The van der Waals surface area contributed by atoms with Crippen LogP contribution in [0, 0.1) is 6.92 Å². The quantitative estimate of drug-likeness (QED) is 0.589. The predicted octanol–water partition coefficient (Wildman–Crippen LogP) is 3.01. The van der Waals surface area contributed by atoms with Crippen LogP contribution in [0.2, 0.25) is 0 Å². The van der Waals surface area contributed by atoms with Crippen LogP contribution < -0.4 is 0 Å². The molecule has 0 amide bonds. The third-order valence-electron chi connectivity index (χ3n) is 1.68. The molecule has 0 spiro atoms. The highest BCUT2D eigenvalue weighted by molar-refractivity contribution is 7.14. The van der Waals surface area contributed by atoms with Crippen LogP contribution in [-0.2, 0) is 0 Å². The van der Waals surface area contributed by atoms with E-state index in [4.69, 9.17) is 0 Å². The van der Waals surface area contributed by atoms with E-state index in [0.29, 0.717) is 0 Å². The van der Waals surface area contributed by atoms with E-state index in [0.717, 1.165) is 5.52 Å². The van der Waals surface area contributed by atoms with Gasteiger partial charge in [-0.05, 0) is 27.9 Å². The topological polar surface area (TPSA) is 17.8 Å². The standard InChI is InChI=1S/C8H9N2P.C2H6/c1-6-2-3-7-5-10(11)9-8(7)4-6;1-2/h2-5H,11H2,1H3;1-2H3. The minimum Gasteiger partial charge on any atom is -0.257 e. The summed E-state index contributed by atoms with van der Waals surface area (Å²) in [7, 11) is 2.52. The van der Waals surface area contributed by atoms with Gasteiger partial charge in [0.1, 0.15) is 0 Å². The zero-order chi connectivity index (χ0) is 9.84. The van der Waals surface area contributed by atoms with Gasteiger partial charge in [0.05, 0.1) is 5.52 Å². The van der Waals surface area contributed by atoms with E-state index < -0.39 is 0 Å². The Labute approximate surface area is 81.2 Å². The normalized spacial score (nSPS) is 9.54. The highest BCUT2D eigenvalue weighted by Crippen LogP contribution is 2.14. The Bertz CT molecular complexity index is 393. The lowest BCUT2D eigenvalue weighted by molar-refractivity contribution is 1.03. The SMILES string of the molecule is CC.Cc1ccc2cn(P)nc2c1. The fraction of sp³-hybridized carbons (Fsp3) is 0.300. The number of hydrogen-bond acceptors (Lipinski definition) is 1. The second kappa shape index (κ2) is 4.38. The summed E-state index contributed by atoms with van der Waals surface area (Å²) in [6.45, 7) is 6.07. The number of aromatic nitrogens is 2. The first-order valence-electron chi connectivity index (χ1n) is 4.47. The molecule has 0 bridgehead atoms. The summed E-state index contributed by atoms with van der Waals surface area (Å²) in [5.41, 5.74) is 2.31. The lowest BCUT2D eigenvalue weighted by atomic mass is 10.2. The smallest absolute Gasteiger partial charge is 0.0928 e. The van der Waals surface area contributed by atoms with Gasteiger partial charge in [0.2, 0.25) is 0 Å². The van der Waals surface area contributed by atoms with Gasteiger partial charge in [0.15, 0.2) is 0 Å². The Morgan fingerprint density at radius 2 is 2.00 bits per heavy atom. The Hall–Kier alpha value is -0.880. The molecule has 0 saturated heterocycles. The monoisotopic (exact) mass is 194 g/mol. The number of fused-ring (bicyclic) bond motifs is 1. The van der Waals surface area contributed by atoms with Gasteiger partial charge in [0, 0.05) is 11.6 Å². The molecule has 0 aliphatic heterocycles. The van der Waals surface area contributed by atoms with Crippen molar-refractivity contribution in [3.8, 4) is 0 Å². The van der Waals surface area contributed by atoms with E-state index in [9.17, 15) is 0 Å². The molecule has 1 unspecified atom stereocenters. The zero-order valence-electron chi connectivity index (χ0n) is 8.28. The summed E-state index contributed by atoms with van der Waals surface area (Å²) in [6.07, 6.45) is 1.99. The van der Waals surface area contributed by atoms with Crippen molar-refractivity contribution < 1.29 is 0 Å². The fourth-order valence-electron chi connectivity index (χ4n) is 1.15. The molecule has 3 heteroatoms. The molecule has 0 aliphatic rings. The summed E-state index contributed by atoms with van der Waals surface area (Å²) in [5.74, 6) is 0. The molecular formula is C10H15N2P. The Morgan fingerprint density at radius 1 is 1.31 bits per heavy atom. The predicted molar refractivity (Wildman–Crippen MR) is 60.9 cm³/mol. The van der Waals surface area contributed by atoms with E-state index >= 15 is 0 Å². The van der Waals surface area contributed by atoms with Crippen molar-refractivity contribution in [2.75, 3.05) is 0 Å². The first kappa shape index (κ1) is 10.2. The van der Waals surface area contributed by atoms with Gasteiger partial charge in [-0.3, -0.25) is 4.45 Å². The van der Waals surface area contributed by atoms with Crippen molar-refractivity contribution in [1.82, 2.24) is 9.55 Å². The lowest BCUT2D eigenvalue weighted by Gasteiger charge is -1.88. The van der Waals surface area contributed by atoms with Crippen molar-refractivity contribution in [3.63, 3.8) is 0 Å². The molecule has 0 fully saturated rings. The summed E-state index contributed by atoms with van der Waals surface area (Å²) in [6, 6.07) is 6.25. The average molecular weight is 194 g/mol. The van der Waals surface area contributed by atoms with Crippen molar-refractivity contribution in [2.24, 2.45) is 0 Å². The molecule has 0 N–H and O–H groups in total. The second-order valence-corrected chi connectivity index (χ2v) is 3.20. The third-order valence-corrected chi connectivity index (χ3v) is 1.95. The molecule has 0 radical (unpaired) electrons. The maximum absolute atomic E-state index is 4.25. The third kappa shape index (κ3) is 2.28. The highest BCUT2D eigenvalue weighted by atomic mass is 31.0. The maximum atomic E-state index is 4.25. The van der Waals surface area contributed by atoms with Crippen LogP contribution in [0.1, 0.15) is 19.4 Å². The molecule has 0 saturated carbocycles. The van der Waals surface area contributed by atoms with Gasteiger partial charge in [0.25, 0.3) is 0 Å². The van der Waals surface area contributed by atoms with Crippen LogP contribution in [-0.4, -0.2) is 9.55 Å². The maximum Gasteiger partial charge on any atom is 0.0928 e. The van der Waals surface area contributed by atoms with E-state index in [1.807, 2.05) is 20.0 Å². The van der Waals surface area contributed by atoms with Gasteiger partial charge >= 0.3 is 0 Å². The molecule has 0 aliphatic carbocycles. The zero-order valence-corrected chi connectivity index (χ0v) is 9.44. The van der Waals surface area contributed by atoms with Crippen molar-refractivity contribution in [2.45, 2.75) is 20.8 Å². The van der Waals surface area contributed by atoms with E-state index in [-0.39, 0.29) is 0 Å². The molecule has 2 rings (SSSR count). The molecule has 2 aromatic rings. The minimum atomic E-state index is 1.06. The minimum absolute atomic E-state index is 1.06. The Balaban J connectivity index is 0.000000396. The van der Waals surface area contributed by atoms with Gasteiger partial charge in [-0.2, -0.15) is 5.10 Å². The molecule has 13 heavy (non-hydrogen) atoms. The van der Waals surface area contributed by atoms with Crippen molar-refractivity contribution in [1.29, 1.82) is 0 Å². The molecule has 2 nitrogen and oxygen atoms in total. The lowest BCUT2D eigenvalue weighted by Crippen LogP contribution is -1.75. The fourth-order valence-corrected chi connectivity index (χ4v) is 1.43. The summed E-state index contributed by atoms with van der Waals surface area (Å²) < 4.78 is 1.75.